The van der Waals surface area contributed by atoms with E-state index in [1.807, 2.05) is 6.07 Å². The van der Waals surface area contributed by atoms with Crippen molar-refractivity contribution in [3.8, 4) is 5.75 Å². The van der Waals surface area contributed by atoms with Crippen molar-refractivity contribution in [1.82, 2.24) is 5.43 Å². The zero-order valence-electron chi connectivity index (χ0n) is 9.88. The Kier molecular flexibility index (Phi) is 4.15. The van der Waals surface area contributed by atoms with Gasteiger partial charge in [-0.05, 0) is 24.3 Å². The number of para-hydroxylation sites is 1. The number of carbonyl (C=O) groups is 1. The highest BCUT2D eigenvalue weighted by atomic mass is 35.5. The van der Waals surface area contributed by atoms with Crippen LogP contribution in [0.15, 0.2) is 53.6 Å². The van der Waals surface area contributed by atoms with Gasteiger partial charge in [-0.25, -0.2) is 5.43 Å². The molecular formula is C14H11ClN2O2. The summed E-state index contributed by atoms with van der Waals surface area (Å²) < 4.78 is 0. The fraction of sp³-hybridized carbons (Fsp3) is 0. The molecule has 0 aliphatic rings. The van der Waals surface area contributed by atoms with Crippen molar-refractivity contribution in [3.05, 3.63) is 64.7 Å². The standard InChI is InChI=1S/C14H11ClN2O2/c15-12-8-4-7-11(13(12)18)9-16-17-14(19)10-5-2-1-3-6-10/h1-9,18H,(H,17,19)/b16-9+. The van der Waals surface area contributed by atoms with Crippen LogP contribution >= 0.6 is 11.6 Å². The lowest BCUT2D eigenvalue weighted by Gasteiger charge is -2.01. The number of nitrogens with one attached hydrogen (secondary N) is 1. The van der Waals surface area contributed by atoms with E-state index in [0.717, 1.165) is 0 Å². The minimum Gasteiger partial charge on any atom is -0.506 e. The van der Waals surface area contributed by atoms with E-state index < -0.39 is 0 Å². The van der Waals surface area contributed by atoms with Crippen LogP contribution in [0.2, 0.25) is 5.02 Å². The summed E-state index contributed by atoms with van der Waals surface area (Å²) in [4.78, 5) is 11.7. The third-order valence-corrected chi connectivity index (χ3v) is 2.73. The van der Waals surface area contributed by atoms with Crippen molar-refractivity contribution in [2.75, 3.05) is 0 Å². The van der Waals surface area contributed by atoms with Gasteiger partial charge in [0.05, 0.1) is 11.2 Å². The van der Waals surface area contributed by atoms with E-state index in [-0.39, 0.29) is 16.7 Å². The second-order valence-electron chi connectivity index (χ2n) is 3.74. The molecule has 0 fully saturated rings. The molecule has 0 spiro atoms. The third kappa shape index (κ3) is 3.33. The number of hydrogen-bond acceptors (Lipinski definition) is 3. The van der Waals surface area contributed by atoms with Gasteiger partial charge >= 0.3 is 0 Å². The van der Waals surface area contributed by atoms with Crippen LogP contribution < -0.4 is 5.43 Å². The smallest absolute Gasteiger partial charge is 0.271 e. The number of carbonyl (C=O) groups excluding carboxylic acids is 1. The second-order valence-corrected chi connectivity index (χ2v) is 4.15. The second kappa shape index (κ2) is 6.02. The average Bonchev–Trinajstić information content (AvgIpc) is 2.44. The van der Waals surface area contributed by atoms with E-state index in [9.17, 15) is 9.90 Å². The van der Waals surface area contributed by atoms with Gasteiger partial charge in [0.1, 0.15) is 5.75 Å². The number of phenols is 1. The Hall–Kier alpha value is -2.33. The van der Waals surface area contributed by atoms with Crippen molar-refractivity contribution in [3.63, 3.8) is 0 Å². The Bertz CT molecular complexity index is 612. The molecule has 0 unspecified atom stereocenters. The molecule has 2 aromatic carbocycles. The van der Waals surface area contributed by atoms with Gasteiger partial charge in [-0.1, -0.05) is 35.9 Å². The zero-order chi connectivity index (χ0) is 13.7. The Labute approximate surface area is 115 Å². The lowest BCUT2D eigenvalue weighted by Crippen LogP contribution is -2.17. The molecule has 0 radical (unpaired) electrons. The summed E-state index contributed by atoms with van der Waals surface area (Å²) in [5, 5.41) is 13.7. The Balaban J connectivity index is 2.05. The number of hydrogen-bond donors (Lipinski definition) is 2. The molecule has 1 amide bonds. The van der Waals surface area contributed by atoms with Crippen LogP contribution in [-0.2, 0) is 0 Å². The molecule has 0 aliphatic carbocycles. The molecule has 96 valence electrons. The van der Waals surface area contributed by atoms with Gasteiger partial charge in [-0.3, -0.25) is 4.79 Å². The van der Waals surface area contributed by atoms with Crippen molar-refractivity contribution in [2.45, 2.75) is 0 Å². The summed E-state index contributed by atoms with van der Waals surface area (Å²) in [7, 11) is 0. The number of aromatic hydroxyl groups is 1. The fourth-order valence-electron chi connectivity index (χ4n) is 1.45. The number of nitrogens with zero attached hydrogens (tertiary/aromatic N) is 1. The van der Waals surface area contributed by atoms with Gasteiger partial charge in [0, 0.05) is 11.1 Å². The summed E-state index contributed by atoms with van der Waals surface area (Å²) in [5.74, 6) is -0.389. The number of hydrazone groups is 1. The highest BCUT2D eigenvalue weighted by molar-refractivity contribution is 6.32. The highest BCUT2D eigenvalue weighted by Gasteiger charge is 2.04. The Morgan fingerprint density at radius 1 is 1.16 bits per heavy atom. The quantitative estimate of drug-likeness (QED) is 0.668. The van der Waals surface area contributed by atoms with E-state index in [1.165, 1.54) is 6.21 Å². The van der Waals surface area contributed by atoms with Crippen LogP contribution in [0.25, 0.3) is 0 Å². The first-order valence-corrected chi connectivity index (χ1v) is 5.92. The molecule has 0 heterocycles. The Morgan fingerprint density at radius 2 is 1.89 bits per heavy atom. The zero-order valence-corrected chi connectivity index (χ0v) is 10.6. The summed E-state index contributed by atoms with van der Waals surface area (Å²) in [6.45, 7) is 0. The van der Waals surface area contributed by atoms with E-state index >= 15 is 0 Å². The molecule has 0 saturated carbocycles. The Morgan fingerprint density at radius 3 is 2.63 bits per heavy atom. The van der Waals surface area contributed by atoms with Crippen LogP contribution in [-0.4, -0.2) is 17.2 Å². The predicted octanol–water partition coefficient (Wildman–Crippen LogP) is 2.81. The molecule has 0 saturated heterocycles. The number of halogens is 1. The van der Waals surface area contributed by atoms with Crippen LogP contribution in [0.3, 0.4) is 0 Å². The molecule has 4 nitrogen and oxygen atoms in total. The van der Waals surface area contributed by atoms with E-state index in [0.29, 0.717) is 11.1 Å². The maximum absolute atomic E-state index is 11.7. The molecule has 0 atom stereocenters. The monoisotopic (exact) mass is 274 g/mol. The van der Waals surface area contributed by atoms with Crippen LogP contribution in [0.5, 0.6) is 5.75 Å². The molecule has 0 aromatic heterocycles. The molecule has 0 bridgehead atoms. The molecule has 5 heteroatoms. The fourth-order valence-corrected chi connectivity index (χ4v) is 1.63. The predicted molar refractivity (Wildman–Crippen MR) is 74.6 cm³/mol. The molecule has 2 rings (SSSR count). The molecule has 19 heavy (non-hydrogen) atoms. The molecule has 0 aliphatic heterocycles. The maximum Gasteiger partial charge on any atom is 0.271 e. The number of amides is 1. The highest BCUT2D eigenvalue weighted by Crippen LogP contribution is 2.25. The average molecular weight is 275 g/mol. The van der Waals surface area contributed by atoms with Gasteiger partial charge in [-0.15, -0.1) is 0 Å². The van der Waals surface area contributed by atoms with Gasteiger partial charge < -0.3 is 5.11 Å². The topological polar surface area (TPSA) is 61.7 Å². The summed E-state index contributed by atoms with van der Waals surface area (Å²) in [6.07, 6.45) is 1.34. The molecule has 2 aromatic rings. The lowest BCUT2D eigenvalue weighted by atomic mass is 10.2. The molecule has 2 N–H and O–H groups in total. The minimum atomic E-state index is -0.321. The van der Waals surface area contributed by atoms with Crippen LogP contribution in [0.4, 0.5) is 0 Å². The van der Waals surface area contributed by atoms with Crippen molar-refractivity contribution < 1.29 is 9.90 Å². The van der Waals surface area contributed by atoms with Gasteiger partial charge in [-0.2, -0.15) is 5.10 Å². The van der Waals surface area contributed by atoms with E-state index in [1.54, 1.807) is 42.5 Å². The number of rotatable bonds is 3. The largest absolute Gasteiger partial charge is 0.506 e. The van der Waals surface area contributed by atoms with Crippen molar-refractivity contribution in [2.24, 2.45) is 5.10 Å². The summed E-state index contributed by atoms with van der Waals surface area (Å²) >= 11 is 5.75. The van der Waals surface area contributed by atoms with Gasteiger partial charge in [0.15, 0.2) is 0 Å². The first-order chi connectivity index (χ1) is 9.18. The number of phenolic OH excluding ortho intramolecular Hbond substituents is 1. The summed E-state index contributed by atoms with van der Waals surface area (Å²) in [5.41, 5.74) is 3.31. The summed E-state index contributed by atoms with van der Waals surface area (Å²) in [6, 6.07) is 13.6. The van der Waals surface area contributed by atoms with Crippen molar-refractivity contribution in [1.29, 1.82) is 0 Å². The first kappa shape index (κ1) is 13.1. The SMILES string of the molecule is O=C(N/N=C/c1cccc(Cl)c1O)c1ccccc1. The first-order valence-electron chi connectivity index (χ1n) is 5.54. The van der Waals surface area contributed by atoms with E-state index in [4.69, 9.17) is 11.6 Å². The van der Waals surface area contributed by atoms with Crippen molar-refractivity contribution >= 4 is 23.7 Å². The van der Waals surface area contributed by atoms with Crippen LogP contribution in [0, 0.1) is 0 Å². The van der Waals surface area contributed by atoms with Gasteiger partial charge in [0.25, 0.3) is 5.91 Å². The normalized spacial score (nSPS) is 10.6. The van der Waals surface area contributed by atoms with Crippen LogP contribution in [0.1, 0.15) is 15.9 Å². The van der Waals surface area contributed by atoms with E-state index in [2.05, 4.69) is 10.5 Å². The van der Waals surface area contributed by atoms with Gasteiger partial charge in [0.2, 0.25) is 0 Å². The third-order valence-electron chi connectivity index (χ3n) is 2.42. The lowest BCUT2D eigenvalue weighted by molar-refractivity contribution is 0.0955. The minimum absolute atomic E-state index is 0.0677. The maximum atomic E-state index is 11.7. The molecular weight excluding hydrogens is 264 g/mol. The number of benzene rings is 2.